The van der Waals surface area contributed by atoms with Crippen molar-refractivity contribution in [3.63, 3.8) is 0 Å². The second-order valence-corrected chi connectivity index (χ2v) is 12.1. The van der Waals surface area contributed by atoms with E-state index < -0.39 is 81.1 Å². The minimum Gasteiger partial charge on any atom is -0.429 e. The summed E-state index contributed by atoms with van der Waals surface area (Å²) in [5.41, 5.74) is -5.20. The van der Waals surface area contributed by atoms with Gasteiger partial charge in [-0.25, -0.2) is 35.1 Å². The number of ether oxygens (including phenoxy) is 3. The van der Waals surface area contributed by atoms with E-state index in [4.69, 9.17) is 9.47 Å². The number of unbranched alkanes of at least 4 members (excludes halogenated alkanes) is 2. The van der Waals surface area contributed by atoms with E-state index in [2.05, 4.69) is 11.7 Å². The van der Waals surface area contributed by atoms with Crippen molar-refractivity contribution in [3.8, 4) is 28.0 Å². The van der Waals surface area contributed by atoms with Crippen molar-refractivity contribution in [2.75, 3.05) is 13.2 Å². The lowest BCUT2D eigenvalue weighted by Gasteiger charge is -2.42. The Bertz CT molecular complexity index is 1800. The molecule has 1 fully saturated rings. The van der Waals surface area contributed by atoms with Gasteiger partial charge in [0.1, 0.15) is 40.4 Å². The van der Waals surface area contributed by atoms with Crippen molar-refractivity contribution in [1.29, 1.82) is 0 Å². The first-order chi connectivity index (χ1) is 23.0. The molecular formula is C35H28F10O4. The normalized spacial score (nSPS) is 19.7. The second kappa shape index (κ2) is 13.6. The summed E-state index contributed by atoms with van der Waals surface area (Å²) in [5, 5.41) is 10.9. The average molecular weight is 703 g/mol. The second-order valence-electron chi connectivity index (χ2n) is 12.1. The van der Waals surface area contributed by atoms with Crippen LogP contribution in [0, 0.1) is 52.0 Å². The van der Waals surface area contributed by atoms with E-state index in [1.807, 2.05) is 6.92 Å². The largest absolute Gasteiger partial charge is 0.432 e. The molecule has 262 valence electrons. The zero-order valence-electron chi connectivity index (χ0n) is 25.9. The molecule has 0 saturated carbocycles. The van der Waals surface area contributed by atoms with Gasteiger partial charge in [-0.1, -0.05) is 45.2 Å². The van der Waals surface area contributed by atoms with Gasteiger partial charge in [0.25, 0.3) is 0 Å². The first-order valence-electron chi connectivity index (χ1n) is 15.0. The van der Waals surface area contributed by atoms with Gasteiger partial charge in [0, 0.05) is 28.7 Å². The molecule has 1 aliphatic heterocycles. The van der Waals surface area contributed by atoms with E-state index >= 15 is 13.2 Å². The number of hydrogen-bond acceptors (Lipinski definition) is 4. The van der Waals surface area contributed by atoms with Crippen LogP contribution >= 0.6 is 0 Å². The zero-order valence-corrected chi connectivity index (χ0v) is 25.9. The third-order valence-electron chi connectivity index (χ3n) is 8.13. The summed E-state index contributed by atoms with van der Waals surface area (Å²) in [6, 6.07) is 4.83. The van der Waals surface area contributed by atoms with E-state index in [1.165, 1.54) is 6.07 Å². The molecule has 0 aliphatic carbocycles. The first kappa shape index (κ1) is 36.1. The third kappa shape index (κ3) is 7.41. The van der Waals surface area contributed by atoms with Crippen molar-refractivity contribution in [3.05, 3.63) is 112 Å². The van der Waals surface area contributed by atoms with E-state index in [1.54, 1.807) is 0 Å². The van der Waals surface area contributed by atoms with Gasteiger partial charge in [-0.15, -0.1) is 0 Å². The Morgan fingerprint density at radius 2 is 1.27 bits per heavy atom. The molecule has 0 aromatic heterocycles. The SMILES string of the molecule is CCCCCC1(C)COC(O)(c2ccc(-c3cc(F)c(-c4cc(F)c(C(F)(F)Oc5cc(F)c(F)c(F)c5)c(F)c4)c(F)c3)c(F)c2)OC1. The van der Waals surface area contributed by atoms with Gasteiger partial charge in [0.05, 0.1) is 18.8 Å². The highest BCUT2D eigenvalue weighted by molar-refractivity contribution is 5.72. The molecule has 14 heteroatoms. The number of halogens is 10. The van der Waals surface area contributed by atoms with Crippen molar-refractivity contribution in [2.45, 2.75) is 51.6 Å². The van der Waals surface area contributed by atoms with Gasteiger partial charge in [0.15, 0.2) is 17.5 Å². The monoisotopic (exact) mass is 702 g/mol. The van der Waals surface area contributed by atoms with Crippen LogP contribution in [0.2, 0.25) is 0 Å². The number of benzene rings is 4. The molecule has 0 amide bonds. The minimum absolute atomic E-state index is 0.0171. The molecule has 4 aromatic carbocycles. The highest BCUT2D eigenvalue weighted by Gasteiger charge is 2.44. The van der Waals surface area contributed by atoms with Crippen molar-refractivity contribution in [2.24, 2.45) is 5.41 Å². The maximum absolute atomic E-state index is 15.3. The van der Waals surface area contributed by atoms with Crippen molar-refractivity contribution >= 4 is 0 Å². The van der Waals surface area contributed by atoms with Gasteiger partial charge in [0.2, 0.25) is 0 Å². The Hall–Kier alpha value is -4.14. The van der Waals surface area contributed by atoms with Gasteiger partial charge >= 0.3 is 12.1 Å². The lowest BCUT2D eigenvalue weighted by Crippen LogP contribution is -2.46. The van der Waals surface area contributed by atoms with E-state index in [0.717, 1.165) is 37.8 Å². The van der Waals surface area contributed by atoms with Crippen LogP contribution in [0.5, 0.6) is 5.75 Å². The van der Waals surface area contributed by atoms with E-state index in [-0.39, 0.29) is 59.6 Å². The lowest BCUT2D eigenvalue weighted by atomic mass is 9.85. The Morgan fingerprint density at radius 3 is 1.80 bits per heavy atom. The molecule has 0 spiro atoms. The topological polar surface area (TPSA) is 47.9 Å². The molecule has 1 aliphatic rings. The predicted molar refractivity (Wildman–Crippen MR) is 156 cm³/mol. The fourth-order valence-electron chi connectivity index (χ4n) is 5.48. The molecule has 1 saturated heterocycles. The summed E-state index contributed by atoms with van der Waals surface area (Å²) in [6.45, 7) is 4.24. The van der Waals surface area contributed by atoms with Crippen LogP contribution < -0.4 is 4.74 Å². The van der Waals surface area contributed by atoms with Crippen molar-refractivity contribution < 1.29 is 63.2 Å². The number of hydrogen-bond donors (Lipinski definition) is 1. The molecule has 49 heavy (non-hydrogen) atoms. The van der Waals surface area contributed by atoms with Crippen LogP contribution in [0.1, 0.15) is 50.7 Å². The van der Waals surface area contributed by atoms with Gasteiger partial charge in [-0.2, -0.15) is 8.78 Å². The van der Waals surface area contributed by atoms with Gasteiger partial charge < -0.3 is 19.3 Å². The molecule has 0 atom stereocenters. The maximum Gasteiger partial charge on any atom is 0.432 e. The molecule has 5 rings (SSSR count). The summed E-state index contributed by atoms with van der Waals surface area (Å²) < 4.78 is 160. The summed E-state index contributed by atoms with van der Waals surface area (Å²) in [5.74, 6) is -17.5. The van der Waals surface area contributed by atoms with E-state index in [0.29, 0.717) is 12.1 Å². The van der Waals surface area contributed by atoms with Crippen LogP contribution in [0.3, 0.4) is 0 Å². The fourth-order valence-corrected chi connectivity index (χ4v) is 5.48. The smallest absolute Gasteiger partial charge is 0.429 e. The molecule has 0 bridgehead atoms. The van der Waals surface area contributed by atoms with Crippen LogP contribution in [0.25, 0.3) is 22.3 Å². The molecule has 0 radical (unpaired) electrons. The highest BCUT2D eigenvalue weighted by atomic mass is 19.3. The quantitative estimate of drug-likeness (QED) is 0.102. The summed E-state index contributed by atoms with van der Waals surface area (Å²) in [6.07, 6.45) is -1.19. The molecule has 4 aromatic rings. The standard InChI is InChI=1S/C35H28F10O4/c1-3-4-5-8-33(2)16-47-35(46,48-17-33)20-6-7-22(23(36)13-20)18-9-24(37)30(25(38)10-18)19-11-26(39)31(27(40)12-19)34(44,45)49-21-14-28(41)32(43)29(42)15-21/h6-7,9-15,46H,3-5,8,16-17H2,1-2H3. The Morgan fingerprint density at radius 1 is 0.714 bits per heavy atom. The van der Waals surface area contributed by atoms with E-state index in [9.17, 15) is 35.8 Å². The molecule has 4 nitrogen and oxygen atoms in total. The average Bonchev–Trinajstić information content (AvgIpc) is 3.00. The predicted octanol–water partition coefficient (Wildman–Crippen LogP) is 10.00. The summed E-state index contributed by atoms with van der Waals surface area (Å²) in [7, 11) is 0. The lowest BCUT2D eigenvalue weighted by molar-refractivity contribution is -0.415. The van der Waals surface area contributed by atoms with Gasteiger partial charge in [-0.3, -0.25) is 0 Å². The number of alkyl halides is 2. The highest BCUT2D eigenvalue weighted by Crippen LogP contribution is 2.41. The van der Waals surface area contributed by atoms with Crippen LogP contribution in [-0.4, -0.2) is 18.3 Å². The Labute approximate surface area is 273 Å². The number of rotatable bonds is 10. The summed E-state index contributed by atoms with van der Waals surface area (Å²) in [4.78, 5) is 0. The van der Waals surface area contributed by atoms with Gasteiger partial charge in [-0.05, 0) is 47.9 Å². The number of aliphatic hydroxyl groups is 1. The Kier molecular flexibility index (Phi) is 10.1. The minimum atomic E-state index is -4.93. The molecular weight excluding hydrogens is 674 g/mol. The van der Waals surface area contributed by atoms with Crippen LogP contribution in [0.4, 0.5) is 43.9 Å². The summed E-state index contributed by atoms with van der Waals surface area (Å²) >= 11 is 0. The molecule has 1 heterocycles. The zero-order chi connectivity index (χ0) is 35.9. The fraction of sp³-hybridized carbons (Fsp3) is 0.314. The Balaban J connectivity index is 1.38. The van der Waals surface area contributed by atoms with Crippen LogP contribution in [0.15, 0.2) is 54.6 Å². The van der Waals surface area contributed by atoms with Crippen molar-refractivity contribution in [1.82, 2.24) is 0 Å². The molecule has 1 N–H and O–H groups in total. The van der Waals surface area contributed by atoms with Crippen LogP contribution in [-0.2, 0) is 21.6 Å². The maximum atomic E-state index is 15.3. The molecule has 0 unspecified atom stereocenters. The first-order valence-corrected chi connectivity index (χ1v) is 15.0. The third-order valence-corrected chi connectivity index (χ3v) is 8.13.